The molecule has 1 heterocycles. The molecule has 3 aliphatic carbocycles. The minimum Gasteiger partial charge on any atom is -0.497 e. The molecule has 0 amide bonds. The van der Waals surface area contributed by atoms with Crippen LogP contribution in [0.15, 0.2) is 64.6 Å². The highest BCUT2D eigenvalue weighted by atomic mass is 32.2. The molecular weight excluding hydrogens is 370 g/mol. The molecule has 4 aliphatic rings. The van der Waals surface area contributed by atoms with Crippen molar-refractivity contribution in [3.63, 3.8) is 0 Å². The van der Waals surface area contributed by atoms with Crippen LogP contribution in [0.5, 0.6) is 5.75 Å². The number of sulfonamides is 1. The molecular formula is C23H23NO3S. The van der Waals surface area contributed by atoms with Crippen LogP contribution in [-0.2, 0) is 10.0 Å². The third kappa shape index (κ3) is 2.64. The van der Waals surface area contributed by atoms with Crippen LogP contribution in [0.25, 0.3) is 0 Å². The van der Waals surface area contributed by atoms with Gasteiger partial charge in [-0.15, -0.1) is 0 Å². The minimum atomic E-state index is -3.31. The first-order valence-corrected chi connectivity index (χ1v) is 11.4. The molecule has 4 nitrogen and oxygen atoms in total. The molecule has 0 spiro atoms. The smallest absolute Gasteiger partial charge is 0.253 e. The zero-order chi connectivity index (χ0) is 19.5. The molecule has 0 aromatic heterocycles. The third-order valence-corrected chi connectivity index (χ3v) is 7.74. The summed E-state index contributed by atoms with van der Waals surface area (Å²) in [6.45, 7) is 2.29. The molecule has 0 N–H and O–H groups in total. The van der Waals surface area contributed by atoms with E-state index in [0.29, 0.717) is 18.3 Å². The summed E-state index contributed by atoms with van der Waals surface area (Å²) in [6.07, 6.45) is 2.80. The average molecular weight is 394 g/mol. The Morgan fingerprint density at radius 3 is 2.54 bits per heavy atom. The molecule has 2 aromatic rings. The number of ether oxygens (including phenoxy) is 1. The molecule has 5 heteroatoms. The van der Waals surface area contributed by atoms with Crippen molar-refractivity contribution in [1.29, 1.82) is 0 Å². The average Bonchev–Trinajstić information content (AvgIpc) is 3.08. The van der Waals surface area contributed by atoms with Gasteiger partial charge in [0.25, 0.3) is 10.0 Å². The fourth-order valence-electron chi connectivity index (χ4n) is 5.35. The largest absolute Gasteiger partial charge is 0.497 e. The number of rotatable bonds is 3. The first kappa shape index (κ1) is 17.7. The van der Waals surface area contributed by atoms with Gasteiger partial charge in [0.05, 0.1) is 18.6 Å². The fraction of sp³-hybridized carbons (Fsp3) is 0.348. The van der Waals surface area contributed by atoms with Gasteiger partial charge in [-0.25, -0.2) is 8.42 Å². The number of hydrogen-bond acceptors (Lipinski definition) is 3. The summed E-state index contributed by atoms with van der Waals surface area (Å²) >= 11 is 0. The summed E-state index contributed by atoms with van der Waals surface area (Å²) < 4.78 is 33.5. The number of methoxy groups -OCH3 is 1. The zero-order valence-electron chi connectivity index (χ0n) is 16.0. The van der Waals surface area contributed by atoms with E-state index >= 15 is 0 Å². The van der Waals surface area contributed by atoms with E-state index in [9.17, 15) is 8.42 Å². The molecule has 2 aromatic carbocycles. The van der Waals surface area contributed by atoms with Gasteiger partial charge in [0, 0.05) is 18.3 Å². The number of benzene rings is 2. The number of allylic oxidation sites excluding steroid dienone is 2. The Labute approximate surface area is 166 Å². The second-order valence-corrected chi connectivity index (χ2v) is 9.74. The molecule has 144 valence electrons. The van der Waals surface area contributed by atoms with E-state index < -0.39 is 10.0 Å². The van der Waals surface area contributed by atoms with E-state index in [1.54, 1.807) is 7.11 Å². The Kier molecular flexibility index (Phi) is 3.98. The van der Waals surface area contributed by atoms with Crippen LogP contribution in [0.2, 0.25) is 0 Å². The predicted molar refractivity (Wildman–Crippen MR) is 111 cm³/mol. The maximum absolute atomic E-state index is 12.0. The van der Waals surface area contributed by atoms with Crippen molar-refractivity contribution in [2.75, 3.05) is 12.9 Å². The summed E-state index contributed by atoms with van der Waals surface area (Å²) in [5.41, 5.74) is 5.78. The number of nitrogens with zero attached hydrogens (tertiary/aromatic N) is 1. The number of hydrogen-bond donors (Lipinski definition) is 0. The maximum Gasteiger partial charge on any atom is 0.253 e. The molecule has 4 unspecified atom stereocenters. The Balaban J connectivity index is 1.69. The van der Waals surface area contributed by atoms with Gasteiger partial charge >= 0.3 is 0 Å². The van der Waals surface area contributed by atoms with Crippen LogP contribution in [0.3, 0.4) is 0 Å². The highest BCUT2D eigenvalue weighted by Gasteiger charge is 2.47. The van der Waals surface area contributed by atoms with Gasteiger partial charge in [0.15, 0.2) is 0 Å². The second-order valence-electron chi connectivity index (χ2n) is 7.99. The van der Waals surface area contributed by atoms with Crippen LogP contribution in [0.4, 0.5) is 0 Å². The Hall–Kier alpha value is -2.40. The normalized spacial score (nSPS) is 29.8. The predicted octanol–water partition coefficient (Wildman–Crippen LogP) is 4.41. The summed E-state index contributed by atoms with van der Waals surface area (Å²) in [7, 11) is -1.61. The fourth-order valence-corrected chi connectivity index (χ4v) is 6.42. The molecule has 0 fully saturated rings. The highest BCUT2D eigenvalue weighted by Crippen LogP contribution is 2.59. The lowest BCUT2D eigenvalue weighted by Crippen LogP contribution is -2.36. The second kappa shape index (κ2) is 6.31. The van der Waals surface area contributed by atoms with Gasteiger partial charge in [-0.3, -0.25) is 0 Å². The zero-order valence-corrected chi connectivity index (χ0v) is 16.8. The van der Waals surface area contributed by atoms with Gasteiger partial charge in [0.1, 0.15) is 5.75 Å². The van der Waals surface area contributed by atoms with Crippen molar-refractivity contribution < 1.29 is 13.2 Å². The van der Waals surface area contributed by atoms with E-state index in [1.807, 2.05) is 12.1 Å². The highest BCUT2D eigenvalue weighted by molar-refractivity contribution is 7.90. The summed E-state index contributed by atoms with van der Waals surface area (Å²) in [5, 5.41) is 0. The monoisotopic (exact) mass is 393 g/mol. The van der Waals surface area contributed by atoms with Crippen LogP contribution < -0.4 is 4.74 Å². The van der Waals surface area contributed by atoms with Crippen molar-refractivity contribution in [3.8, 4) is 5.75 Å². The molecule has 4 atom stereocenters. The molecule has 1 aliphatic heterocycles. The molecule has 0 saturated heterocycles. The topological polar surface area (TPSA) is 55.7 Å². The molecule has 0 radical (unpaired) electrons. The quantitative estimate of drug-likeness (QED) is 0.776. The summed E-state index contributed by atoms with van der Waals surface area (Å²) in [6, 6.07) is 16.9. The van der Waals surface area contributed by atoms with E-state index in [4.69, 9.17) is 4.74 Å². The third-order valence-electron chi connectivity index (χ3n) is 6.53. The van der Waals surface area contributed by atoms with Gasteiger partial charge < -0.3 is 4.74 Å². The minimum absolute atomic E-state index is 0.128. The van der Waals surface area contributed by atoms with Crippen LogP contribution >= 0.6 is 0 Å². The Bertz CT molecular complexity index is 1100. The molecule has 0 saturated carbocycles. The van der Waals surface area contributed by atoms with E-state index in [-0.39, 0.29) is 17.6 Å². The van der Waals surface area contributed by atoms with Crippen LogP contribution in [0, 0.1) is 5.92 Å². The summed E-state index contributed by atoms with van der Waals surface area (Å²) in [5.74, 6) is 2.05. The first-order chi connectivity index (χ1) is 13.5. The van der Waals surface area contributed by atoms with Crippen molar-refractivity contribution in [2.24, 2.45) is 10.3 Å². The van der Waals surface area contributed by atoms with E-state index in [1.165, 1.54) is 16.7 Å². The van der Waals surface area contributed by atoms with Gasteiger partial charge in [-0.1, -0.05) is 49.4 Å². The molecule has 6 rings (SSSR count). The lowest BCUT2D eigenvalue weighted by Gasteiger charge is -2.48. The van der Waals surface area contributed by atoms with Gasteiger partial charge in [-0.05, 0) is 46.2 Å². The van der Waals surface area contributed by atoms with Crippen molar-refractivity contribution >= 4 is 15.7 Å². The van der Waals surface area contributed by atoms with Gasteiger partial charge in [-0.2, -0.15) is 4.40 Å². The standard InChI is InChI=1S/C23H23NO3S/c1-14-22(15-6-4-3-5-7-15)19-13-20(21-10-11-28(25,26)24-21)23(14)17-9-8-16(27-2)12-18(17)19/h3-9,12-14,19,22-23H,10-11H2,1-2H3. The van der Waals surface area contributed by atoms with Crippen molar-refractivity contribution in [1.82, 2.24) is 0 Å². The molecule has 28 heavy (non-hydrogen) atoms. The van der Waals surface area contributed by atoms with Gasteiger partial charge in [0.2, 0.25) is 0 Å². The van der Waals surface area contributed by atoms with Crippen LogP contribution in [-0.4, -0.2) is 27.0 Å². The molecule has 2 bridgehead atoms. The van der Waals surface area contributed by atoms with E-state index in [0.717, 1.165) is 17.0 Å². The van der Waals surface area contributed by atoms with E-state index in [2.05, 4.69) is 53.8 Å². The maximum atomic E-state index is 12.0. The Morgan fingerprint density at radius 1 is 1.07 bits per heavy atom. The Morgan fingerprint density at radius 2 is 1.86 bits per heavy atom. The van der Waals surface area contributed by atoms with Crippen molar-refractivity contribution in [2.45, 2.75) is 31.1 Å². The lowest BCUT2D eigenvalue weighted by molar-refractivity contribution is 0.337. The first-order valence-electron chi connectivity index (χ1n) is 9.75. The number of fused-ring (bicyclic) bond motifs is 1. The van der Waals surface area contributed by atoms with Crippen molar-refractivity contribution in [3.05, 3.63) is 76.9 Å². The lowest BCUT2D eigenvalue weighted by atomic mass is 9.55. The summed E-state index contributed by atoms with van der Waals surface area (Å²) in [4.78, 5) is 0. The SMILES string of the molecule is COc1ccc2c(c1)C1C=C(C3=NS(=O)(=O)CC3)C2C(C)C1c1ccccc1. The van der Waals surface area contributed by atoms with Crippen LogP contribution in [0.1, 0.15) is 47.8 Å².